The number of amides is 1. The van der Waals surface area contributed by atoms with E-state index >= 15 is 0 Å². The van der Waals surface area contributed by atoms with E-state index in [1.54, 1.807) is 7.05 Å². The van der Waals surface area contributed by atoms with Crippen LogP contribution < -0.4 is 5.32 Å². The zero-order valence-corrected chi connectivity index (χ0v) is 16.4. The Balaban J connectivity index is 1.25. The van der Waals surface area contributed by atoms with Crippen molar-refractivity contribution in [3.8, 4) is 0 Å². The van der Waals surface area contributed by atoms with E-state index in [1.165, 1.54) is 0 Å². The van der Waals surface area contributed by atoms with Crippen molar-refractivity contribution in [2.45, 2.75) is 25.4 Å². The highest BCUT2D eigenvalue weighted by Crippen LogP contribution is 2.19. The number of benzene rings is 1. The Labute approximate surface area is 165 Å². The van der Waals surface area contributed by atoms with Crippen LogP contribution in [0.3, 0.4) is 0 Å². The number of guanidine groups is 1. The van der Waals surface area contributed by atoms with Crippen LogP contribution in [0, 0.1) is 0 Å². The Morgan fingerprint density at radius 1 is 1.21 bits per heavy atom. The summed E-state index contributed by atoms with van der Waals surface area (Å²) < 4.78 is 11.4. The average molecular weight is 384 g/mol. The first-order chi connectivity index (χ1) is 13.7. The second-order valence-electron chi connectivity index (χ2n) is 7.29. The van der Waals surface area contributed by atoms with Crippen molar-refractivity contribution in [2.24, 2.45) is 4.99 Å². The van der Waals surface area contributed by atoms with Crippen LogP contribution in [0.15, 0.2) is 39.7 Å². The molecule has 2 fully saturated rings. The number of para-hydroxylation sites is 1. The van der Waals surface area contributed by atoms with E-state index in [0.29, 0.717) is 19.7 Å². The third-order valence-corrected chi connectivity index (χ3v) is 5.44. The number of aliphatic imine (C=N–C) groups is 1. The molecule has 0 spiro atoms. The smallest absolute Gasteiger partial charge is 0.251 e. The highest BCUT2D eigenvalue weighted by Gasteiger charge is 2.30. The van der Waals surface area contributed by atoms with Gasteiger partial charge in [-0.15, -0.1) is 0 Å². The van der Waals surface area contributed by atoms with Crippen molar-refractivity contribution in [1.29, 1.82) is 0 Å². The molecule has 1 amide bonds. The number of rotatable bonds is 4. The molecule has 1 aromatic heterocycles. The second-order valence-corrected chi connectivity index (χ2v) is 7.29. The summed E-state index contributed by atoms with van der Waals surface area (Å²) in [5.41, 5.74) is 0.925. The lowest BCUT2D eigenvalue weighted by Crippen LogP contribution is -2.55. The molecule has 1 aromatic carbocycles. The topological polar surface area (TPSA) is 70.3 Å². The summed E-state index contributed by atoms with van der Waals surface area (Å²) in [7, 11) is 1.80. The van der Waals surface area contributed by atoms with Crippen LogP contribution >= 0.6 is 0 Å². The Bertz CT molecular complexity index is 800. The summed E-state index contributed by atoms with van der Waals surface area (Å²) in [6.45, 7) is 4.44. The fourth-order valence-electron chi connectivity index (χ4n) is 3.90. The number of carbonyl (C=O) groups excluding carboxylic acids is 1. The number of fused-ring (bicyclic) bond motifs is 1. The van der Waals surface area contributed by atoms with Crippen molar-refractivity contribution in [3.63, 3.8) is 0 Å². The highest BCUT2D eigenvalue weighted by molar-refractivity contribution is 5.83. The first-order valence-electron chi connectivity index (χ1n) is 10.1. The van der Waals surface area contributed by atoms with E-state index in [0.717, 1.165) is 61.6 Å². The third-order valence-electron chi connectivity index (χ3n) is 5.44. The molecule has 0 saturated carbocycles. The average Bonchev–Trinajstić information content (AvgIpc) is 3.40. The first-order valence-corrected chi connectivity index (χ1v) is 10.1. The van der Waals surface area contributed by atoms with Gasteiger partial charge in [-0.2, -0.15) is 0 Å². The lowest BCUT2D eigenvalue weighted by atomic mass is 10.2. The number of nitrogens with one attached hydrogen (secondary N) is 1. The number of piperazine rings is 1. The fourth-order valence-corrected chi connectivity index (χ4v) is 3.90. The summed E-state index contributed by atoms with van der Waals surface area (Å²) in [5.74, 6) is 1.99. The zero-order valence-electron chi connectivity index (χ0n) is 16.4. The Kier molecular flexibility index (Phi) is 5.81. The van der Waals surface area contributed by atoms with Gasteiger partial charge in [0, 0.05) is 58.2 Å². The number of hydrogen-bond donors (Lipinski definition) is 1. The van der Waals surface area contributed by atoms with Crippen LogP contribution in [-0.2, 0) is 16.0 Å². The van der Waals surface area contributed by atoms with Crippen molar-refractivity contribution < 1.29 is 13.9 Å². The Hall–Kier alpha value is -2.54. The largest absolute Gasteiger partial charge is 0.461 e. The normalized spacial score (nSPS) is 20.8. The molecule has 3 heterocycles. The third kappa shape index (κ3) is 4.14. The summed E-state index contributed by atoms with van der Waals surface area (Å²) >= 11 is 0. The molecule has 150 valence electrons. The van der Waals surface area contributed by atoms with Crippen LogP contribution in [0.2, 0.25) is 0 Å². The van der Waals surface area contributed by atoms with Crippen molar-refractivity contribution in [2.75, 3.05) is 46.4 Å². The van der Waals surface area contributed by atoms with Gasteiger partial charge in [-0.05, 0) is 25.0 Å². The minimum atomic E-state index is -0.229. The molecule has 1 atom stereocenters. The molecule has 0 bridgehead atoms. The number of nitrogens with zero attached hydrogens (tertiary/aromatic N) is 3. The minimum Gasteiger partial charge on any atom is -0.461 e. The van der Waals surface area contributed by atoms with Crippen molar-refractivity contribution >= 4 is 22.8 Å². The summed E-state index contributed by atoms with van der Waals surface area (Å²) in [6.07, 6.45) is 2.40. The lowest BCUT2D eigenvalue weighted by Gasteiger charge is -2.37. The number of furan rings is 1. The van der Waals surface area contributed by atoms with Crippen LogP contribution in [0.5, 0.6) is 0 Å². The van der Waals surface area contributed by atoms with Gasteiger partial charge < -0.3 is 24.3 Å². The van der Waals surface area contributed by atoms with Crippen LogP contribution in [0.25, 0.3) is 11.0 Å². The first kappa shape index (κ1) is 18.8. The molecule has 1 unspecified atom stereocenters. The molecule has 7 heteroatoms. The van der Waals surface area contributed by atoms with Crippen LogP contribution in [-0.4, -0.2) is 74.1 Å². The number of carbonyl (C=O) groups is 1. The molecule has 2 aromatic rings. The predicted molar refractivity (Wildman–Crippen MR) is 108 cm³/mol. The molecule has 2 aliphatic rings. The predicted octanol–water partition coefficient (Wildman–Crippen LogP) is 1.87. The summed E-state index contributed by atoms with van der Waals surface area (Å²) in [5, 5.41) is 4.55. The maximum atomic E-state index is 12.5. The Morgan fingerprint density at radius 3 is 2.71 bits per heavy atom. The van der Waals surface area contributed by atoms with E-state index < -0.39 is 0 Å². The molecule has 4 rings (SSSR count). The zero-order chi connectivity index (χ0) is 19.3. The van der Waals surface area contributed by atoms with Gasteiger partial charge in [-0.1, -0.05) is 18.2 Å². The van der Waals surface area contributed by atoms with E-state index in [4.69, 9.17) is 9.15 Å². The van der Waals surface area contributed by atoms with Crippen molar-refractivity contribution in [3.05, 3.63) is 36.1 Å². The molecular weight excluding hydrogens is 356 g/mol. The molecule has 7 nitrogen and oxygen atoms in total. The SMILES string of the molecule is CN=C(NCCc1cc2ccccc2o1)N1CCN(C(=O)C2CCCO2)CC1. The molecule has 0 aliphatic carbocycles. The molecular formula is C21H28N4O3. The van der Waals surface area contributed by atoms with E-state index in [9.17, 15) is 4.79 Å². The molecule has 2 aliphatic heterocycles. The van der Waals surface area contributed by atoms with Gasteiger partial charge >= 0.3 is 0 Å². The molecule has 0 radical (unpaired) electrons. The van der Waals surface area contributed by atoms with E-state index in [-0.39, 0.29) is 12.0 Å². The van der Waals surface area contributed by atoms with Gasteiger partial charge in [0.15, 0.2) is 5.96 Å². The van der Waals surface area contributed by atoms with Gasteiger partial charge in [-0.25, -0.2) is 0 Å². The van der Waals surface area contributed by atoms with Crippen LogP contribution in [0.4, 0.5) is 0 Å². The van der Waals surface area contributed by atoms with Gasteiger partial charge in [-0.3, -0.25) is 9.79 Å². The highest BCUT2D eigenvalue weighted by atomic mass is 16.5. The Morgan fingerprint density at radius 2 is 2.00 bits per heavy atom. The van der Waals surface area contributed by atoms with Gasteiger partial charge in [0.05, 0.1) is 0 Å². The number of ether oxygens (including phenoxy) is 1. The monoisotopic (exact) mass is 384 g/mol. The van der Waals surface area contributed by atoms with Crippen molar-refractivity contribution in [1.82, 2.24) is 15.1 Å². The maximum Gasteiger partial charge on any atom is 0.251 e. The van der Waals surface area contributed by atoms with Gasteiger partial charge in [0.25, 0.3) is 5.91 Å². The van der Waals surface area contributed by atoms with Crippen LogP contribution in [0.1, 0.15) is 18.6 Å². The quantitative estimate of drug-likeness (QED) is 0.644. The van der Waals surface area contributed by atoms with E-state index in [1.807, 2.05) is 23.1 Å². The molecule has 1 N–H and O–H groups in total. The fraction of sp³-hybridized carbons (Fsp3) is 0.524. The van der Waals surface area contributed by atoms with Gasteiger partial charge in [0.2, 0.25) is 0 Å². The standard InChI is InChI=1S/C21H28N4O3/c1-22-21(23-9-8-17-15-16-5-2-3-6-18(16)28-17)25-12-10-24(11-13-25)20(26)19-7-4-14-27-19/h2-3,5-6,15,19H,4,7-14H2,1H3,(H,22,23). The maximum absolute atomic E-state index is 12.5. The minimum absolute atomic E-state index is 0.144. The number of hydrogen-bond acceptors (Lipinski definition) is 4. The summed E-state index contributed by atoms with van der Waals surface area (Å²) in [4.78, 5) is 21.0. The van der Waals surface area contributed by atoms with Gasteiger partial charge in [0.1, 0.15) is 17.4 Å². The summed E-state index contributed by atoms with van der Waals surface area (Å²) in [6, 6.07) is 10.1. The lowest BCUT2D eigenvalue weighted by molar-refractivity contribution is -0.142. The second kappa shape index (κ2) is 8.65. The van der Waals surface area contributed by atoms with E-state index in [2.05, 4.69) is 27.3 Å². The molecule has 28 heavy (non-hydrogen) atoms. The molecule has 2 saturated heterocycles.